The van der Waals surface area contributed by atoms with Crippen LogP contribution in [0.4, 0.5) is 0 Å². The topological polar surface area (TPSA) is 63.7 Å². The van der Waals surface area contributed by atoms with E-state index in [0.717, 1.165) is 17.9 Å². The number of pyridine rings is 1. The molecule has 0 radical (unpaired) electrons. The summed E-state index contributed by atoms with van der Waals surface area (Å²) in [6.07, 6.45) is 0. The average molecular weight is 293 g/mol. The Balaban J connectivity index is 1.93. The van der Waals surface area contributed by atoms with Gasteiger partial charge in [-0.3, -0.25) is 9.78 Å². The van der Waals surface area contributed by atoms with Crippen LogP contribution in [0.5, 0.6) is 5.75 Å². The van der Waals surface area contributed by atoms with Gasteiger partial charge in [0.1, 0.15) is 5.75 Å². The van der Waals surface area contributed by atoms with Crippen molar-refractivity contribution in [2.75, 3.05) is 39.5 Å². The van der Waals surface area contributed by atoms with Gasteiger partial charge in [0.2, 0.25) is 0 Å². The van der Waals surface area contributed by atoms with Crippen LogP contribution in [0, 0.1) is 6.92 Å². The number of morpholine rings is 1. The molecule has 2 heterocycles. The molecule has 6 heteroatoms. The Bertz CT molecular complexity index is 473. The van der Waals surface area contributed by atoms with Gasteiger partial charge < -0.3 is 19.7 Å². The lowest BCUT2D eigenvalue weighted by Crippen LogP contribution is -2.43. The largest absolute Gasteiger partial charge is 0.482 e. The molecule has 116 valence electrons. The molecule has 0 aromatic carbocycles. The normalized spacial score (nSPS) is 15.0. The second-order valence-corrected chi connectivity index (χ2v) is 4.96. The number of rotatable bonds is 6. The number of amides is 1. The fourth-order valence-electron chi connectivity index (χ4n) is 2.14. The van der Waals surface area contributed by atoms with E-state index in [9.17, 15) is 4.79 Å². The van der Waals surface area contributed by atoms with Gasteiger partial charge in [0, 0.05) is 25.3 Å². The maximum Gasteiger partial charge on any atom is 0.260 e. The van der Waals surface area contributed by atoms with Crippen molar-refractivity contribution >= 4 is 5.91 Å². The molecule has 1 aromatic heterocycles. The third kappa shape index (κ3) is 4.68. The highest BCUT2D eigenvalue weighted by molar-refractivity contribution is 5.77. The zero-order valence-electron chi connectivity index (χ0n) is 12.7. The summed E-state index contributed by atoms with van der Waals surface area (Å²) >= 11 is 0. The molecule has 1 aliphatic rings. The summed E-state index contributed by atoms with van der Waals surface area (Å²) in [6, 6.07) is 3.77. The number of hydrogen-bond acceptors (Lipinski definition) is 5. The van der Waals surface area contributed by atoms with Gasteiger partial charge >= 0.3 is 0 Å². The highest BCUT2D eigenvalue weighted by Crippen LogP contribution is 2.17. The number of nitrogens with one attached hydrogen (secondary N) is 1. The summed E-state index contributed by atoms with van der Waals surface area (Å²) in [7, 11) is 0. The van der Waals surface area contributed by atoms with E-state index in [0.29, 0.717) is 38.6 Å². The van der Waals surface area contributed by atoms with E-state index in [2.05, 4.69) is 10.3 Å². The Labute approximate surface area is 125 Å². The van der Waals surface area contributed by atoms with E-state index in [-0.39, 0.29) is 12.5 Å². The van der Waals surface area contributed by atoms with E-state index < -0.39 is 0 Å². The van der Waals surface area contributed by atoms with Crippen LogP contribution in [0.3, 0.4) is 0 Å². The lowest BCUT2D eigenvalue weighted by atomic mass is 10.3. The van der Waals surface area contributed by atoms with Gasteiger partial charge in [-0.25, -0.2) is 0 Å². The predicted molar refractivity (Wildman–Crippen MR) is 79.2 cm³/mol. The molecule has 0 saturated carbocycles. The van der Waals surface area contributed by atoms with Gasteiger partial charge in [-0.2, -0.15) is 0 Å². The number of aromatic nitrogens is 1. The minimum atomic E-state index is -0.00623. The number of aryl methyl sites for hydroxylation is 1. The van der Waals surface area contributed by atoms with Crippen molar-refractivity contribution in [3.63, 3.8) is 0 Å². The molecule has 21 heavy (non-hydrogen) atoms. The van der Waals surface area contributed by atoms with Crippen molar-refractivity contribution in [2.24, 2.45) is 0 Å². The minimum Gasteiger partial charge on any atom is -0.482 e. The summed E-state index contributed by atoms with van der Waals surface area (Å²) in [4.78, 5) is 18.3. The van der Waals surface area contributed by atoms with E-state index in [4.69, 9.17) is 9.47 Å². The lowest BCUT2D eigenvalue weighted by Gasteiger charge is -2.26. The Morgan fingerprint density at radius 1 is 1.43 bits per heavy atom. The van der Waals surface area contributed by atoms with Gasteiger partial charge in [0.25, 0.3) is 5.91 Å². The van der Waals surface area contributed by atoms with Crippen molar-refractivity contribution in [2.45, 2.75) is 20.4 Å². The van der Waals surface area contributed by atoms with E-state index >= 15 is 0 Å². The van der Waals surface area contributed by atoms with Crippen LogP contribution in [0.2, 0.25) is 0 Å². The van der Waals surface area contributed by atoms with Gasteiger partial charge in [-0.05, 0) is 25.6 Å². The van der Waals surface area contributed by atoms with E-state index in [1.165, 1.54) is 0 Å². The summed E-state index contributed by atoms with van der Waals surface area (Å²) in [5.41, 5.74) is 1.78. The zero-order chi connectivity index (χ0) is 15.1. The molecule has 0 unspecified atom stereocenters. The third-order valence-corrected chi connectivity index (χ3v) is 3.33. The van der Waals surface area contributed by atoms with Crippen LogP contribution in [0.1, 0.15) is 18.3 Å². The van der Waals surface area contributed by atoms with Gasteiger partial charge in [-0.1, -0.05) is 6.92 Å². The molecule has 1 amide bonds. The Kier molecular flexibility index (Phi) is 5.95. The van der Waals surface area contributed by atoms with E-state index in [1.807, 2.05) is 26.0 Å². The fraction of sp³-hybridized carbons (Fsp3) is 0.600. The highest BCUT2D eigenvalue weighted by Gasteiger charge is 2.17. The van der Waals surface area contributed by atoms with Crippen molar-refractivity contribution in [1.82, 2.24) is 15.2 Å². The number of nitrogens with zero attached hydrogens (tertiary/aromatic N) is 2. The van der Waals surface area contributed by atoms with Crippen LogP contribution in [-0.4, -0.2) is 55.2 Å². The first-order valence-electron chi connectivity index (χ1n) is 7.36. The standard InChI is InChI=1S/C15H23N3O3/c1-3-16-10-13-14(5-4-12(2)17-13)21-11-15(19)18-6-8-20-9-7-18/h4-5,16H,3,6-11H2,1-2H3. The number of ether oxygens (including phenoxy) is 2. The quantitative estimate of drug-likeness (QED) is 0.838. The highest BCUT2D eigenvalue weighted by atomic mass is 16.5. The Morgan fingerprint density at radius 3 is 2.90 bits per heavy atom. The number of carbonyl (C=O) groups is 1. The molecule has 2 rings (SSSR count). The van der Waals surface area contributed by atoms with Gasteiger partial charge in [-0.15, -0.1) is 0 Å². The monoisotopic (exact) mass is 293 g/mol. The third-order valence-electron chi connectivity index (χ3n) is 3.33. The summed E-state index contributed by atoms with van der Waals surface area (Å²) in [6.45, 7) is 8.01. The first-order chi connectivity index (χ1) is 10.2. The van der Waals surface area contributed by atoms with Gasteiger partial charge in [0.05, 0.1) is 18.9 Å². The van der Waals surface area contributed by atoms with E-state index in [1.54, 1.807) is 4.90 Å². The fourth-order valence-corrected chi connectivity index (χ4v) is 2.14. The number of carbonyl (C=O) groups excluding carboxylic acids is 1. The Hall–Kier alpha value is -1.66. The molecule has 1 fully saturated rings. The molecular formula is C15H23N3O3. The molecule has 1 aromatic rings. The zero-order valence-corrected chi connectivity index (χ0v) is 12.7. The molecule has 0 atom stereocenters. The molecule has 1 aliphatic heterocycles. The second kappa shape index (κ2) is 7.95. The summed E-state index contributed by atoms with van der Waals surface area (Å²) < 4.78 is 10.9. The molecule has 0 spiro atoms. The molecule has 0 aliphatic carbocycles. The SMILES string of the molecule is CCNCc1nc(C)ccc1OCC(=O)N1CCOCC1. The summed E-state index contributed by atoms with van der Waals surface area (Å²) in [5, 5.41) is 3.23. The van der Waals surface area contributed by atoms with Crippen LogP contribution in [0.25, 0.3) is 0 Å². The maximum atomic E-state index is 12.1. The molecule has 1 saturated heterocycles. The first-order valence-corrected chi connectivity index (χ1v) is 7.36. The number of hydrogen-bond donors (Lipinski definition) is 1. The second-order valence-electron chi connectivity index (χ2n) is 4.96. The van der Waals surface area contributed by atoms with Crippen molar-refractivity contribution < 1.29 is 14.3 Å². The molecule has 0 bridgehead atoms. The van der Waals surface area contributed by atoms with Crippen LogP contribution >= 0.6 is 0 Å². The molecule has 1 N–H and O–H groups in total. The molecular weight excluding hydrogens is 270 g/mol. The Morgan fingerprint density at radius 2 is 2.19 bits per heavy atom. The van der Waals surface area contributed by atoms with Gasteiger partial charge in [0.15, 0.2) is 6.61 Å². The van der Waals surface area contributed by atoms with Crippen LogP contribution in [0.15, 0.2) is 12.1 Å². The van der Waals surface area contributed by atoms with Crippen LogP contribution in [-0.2, 0) is 16.1 Å². The van der Waals surface area contributed by atoms with Crippen LogP contribution < -0.4 is 10.1 Å². The lowest BCUT2D eigenvalue weighted by molar-refractivity contribution is -0.137. The smallest absolute Gasteiger partial charge is 0.260 e. The predicted octanol–water partition coefficient (Wildman–Crippen LogP) is 0.737. The first kappa shape index (κ1) is 15.7. The maximum absolute atomic E-state index is 12.1. The average Bonchev–Trinajstić information content (AvgIpc) is 2.52. The van der Waals surface area contributed by atoms with Crippen molar-refractivity contribution in [3.05, 3.63) is 23.5 Å². The van der Waals surface area contributed by atoms with Crippen molar-refractivity contribution in [3.8, 4) is 5.75 Å². The molecule has 6 nitrogen and oxygen atoms in total. The van der Waals surface area contributed by atoms with Crippen molar-refractivity contribution in [1.29, 1.82) is 0 Å². The summed E-state index contributed by atoms with van der Waals surface area (Å²) in [5.74, 6) is 0.663. The minimum absolute atomic E-state index is 0.00623.